The van der Waals surface area contributed by atoms with Gasteiger partial charge in [0.1, 0.15) is 5.52 Å². The molecule has 120 valence electrons. The van der Waals surface area contributed by atoms with Crippen LogP contribution in [0.25, 0.3) is 11.1 Å². The summed E-state index contributed by atoms with van der Waals surface area (Å²) in [6.45, 7) is 1.68. The molecule has 0 saturated carbocycles. The summed E-state index contributed by atoms with van der Waals surface area (Å²) in [5, 5.41) is 0. The Bertz CT molecular complexity index is 930. The largest absolute Gasteiger partial charge is 0.441 e. The van der Waals surface area contributed by atoms with Gasteiger partial charge in [0.25, 0.3) is 0 Å². The highest BCUT2D eigenvalue weighted by molar-refractivity contribution is 7.92. The Morgan fingerprint density at radius 3 is 2.73 bits per heavy atom. The van der Waals surface area contributed by atoms with E-state index in [0.717, 1.165) is 4.31 Å². The molecule has 2 heterocycles. The Kier molecular flexibility index (Phi) is 3.54. The van der Waals surface area contributed by atoms with E-state index in [1.165, 1.54) is 19.2 Å². The molecule has 1 aliphatic heterocycles. The van der Waals surface area contributed by atoms with Gasteiger partial charge in [-0.05, 0) is 18.6 Å². The topological polar surface area (TPSA) is 97.5 Å². The first-order chi connectivity index (χ1) is 10.2. The Morgan fingerprint density at radius 1 is 1.36 bits per heavy atom. The number of benzene rings is 1. The van der Waals surface area contributed by atoms with Crippen LogP contribution >= 0.6 is 0 Å². The highest BCUT2D eigenvalue weighted by Crippen LogP contribution is 2.26. The van der Waals surface area contributed by atoms with Crippen LogP contribution in [0.1, 0.15) is 12.3 Å². The first kappa shape index (κ1) is 15.4. The maximum Gasteiger partial charge on any atom is 0.243 e. The monoisotopic (exact) mass is 344 g/mol. The summed E-state index contributed by atoms with van der Waals surface area (Å²) in [7, 11) is -5.51. The molecule has 0 spiro atoms. The zero-order valence-corrected chi connectivity index (χ0v) is 13.8. The average Bonchev–Trinajstić information content (AvgIpc) is 2.98. The standard InChI is InChI=1S/C13H16N2O5S2/c1-9-14-12-4-3-11(7-13(12)20-9)22(18,19)15(2)10-5-6-21(16,17)8-10/h3-4,7,10H,5-6,8H2,1-2H3. The van der Waals surface area contributed by atoms with Crippen LogP contribution in [0.15, 0.2) is 27.5 Å². The van der Waals surface area contributed by atoms with Gasteiger partial charge in [-0.15, -0.1) is 0 Å². The minimum Gasteiger partial charge on any atom is -0.441 e. The molecule has 22 heavy (non-hydrogen) atoms. The fourth-order valence-corrected chi connectivity index (χ4v) is 5.87. The highest BCUT2D eigenvalue weighted by Gasteiger charge is 2.36. The minimum absolute atomic E-state index is 0.0257. The summed E-state index contributed by atoms with van der Waals surface area (Å²) < 4.78 is 54.9. The maximum atomic E-state index is 12.6. The predicted octanol–water partition coefficient (Wildman–Crippen LogP) is 0.944. The second kappa shape index (κ2) is 5.04. The number of sulfone groups is 1. The van der Waals surface area contributed by atoms with Gasteiger partial charge >= 0.3 is 0 Å². The van der Waals surface area contributed by atoms with Gasteiger partial charge in [-0.25, -0.2) is 21.8 Å². The normalized spacial score (nSPS) is 21.7. The van der Waals surface area contributed by atoms with Crippen LogP contribution in [0.2, 0.25) is 0 Å². The van der Waals surface area contributed by atoms with E-state index >= 15 is 0 Å². The van der Waals surface area contributed by atoms with E-state index in [9.17, 15) is 16.8 Å². The molecule has 0 bridgehead atoms. The van der Waals surface area contributed by atoms with Crippen LogP contribution in [0.5, 0.6) is 0 Å². The third-order valence-corrected chi connectivity index (χ3v) is 7.52. The van der Waals surface area contributed by atoms with Crippen molar-refractivity contribution in [2.24, 2.45) is 0 Å². The van der Waals surface area contributed by atoms with Crippen LogP contribution in [-0.4, -0.2) is 50.7 Å². The number of hydrogen-bond acceptors (Lipinski definition) is 6. The van der Waals surface area contributed by atoms with Crippen molar-refractivity contribution in [1.82, 2.24) is 9.29 Å². The fraction of sp³-hybridized carbons (Fsp3) is 0.462. The third-order valence-electron chi connectivity index (χ3n) is 3.87. The van der Waals surface area contributed by atoms with Crippen molar-refractivity contribution < 1.29 is 21.3 Å². The summed E-state index contributed by atoms with van der Waals surface area (Å²) in [6.07, 6.45) is 0.321. The van der Waals surface area contributed by atoms with E-state index in [4.69, 9.17) is 4.42 Å². The van der Waals surface area contributed by atoms with Gasteiger partial charge in [0.2, 0.25) is 10.0 Å². The number of nitrogens with zero attached hydrogens (tertiary/aromatic N) is 2. The number of oxazole rings is 1. The van der Waals surface area contributed by atoms with Crippen molar-refractivity contribution in [3.63, 3.8) is 0 Å². The molecule has 0 radical (unpaired) electrons. The molecule has 0 N–H and O–H groups in total. The first-order valence-corrected chi connectivity index (χ1v) is 10.0. The lowest BCUT2D eigenvalue weighted by Crippen LogP contribution is -2.37. The molecule has 1 fully saturated rings. The van der Waals surface area contributed by atoms with Gasteiger partial charge in [-0.1, -0.05) is 0 Å². The summed E-state index contributed by atoms with van der Waals surface area (Å²) in [4.78, 5) is 4.20. The van der Waals surface area contributed by atoms with Gasteiger partial charge in [-0.3, -0.25) is 0 Å². The predicted molar refractivity (Wildman–Crippen MR) is 80.8 cm³/mol. The van der Waals surface area contributed by atoms with Crippen LogP contribution in [-0.2, 0) is 19.9 Å². The summed E-state index contributed by atoms with van der Waals surface area (Å²) in [5.41, 5.74) is 0.980. The van der Waals surface area contributed by atoms with Gasteiger partial charge in [0, 0.05) is 26.1 Å². The van der Waals surface area contributed by atoms with Crippen LogP contribution in [0, 0.1) is 6.92 Å². The Morgan fingerprint density at radius 2 is 2.09 bits per heavy atom. The Hall–Kier alpha value is -1.45. The SMILES string of the molecule is Cc1nc2ccc(S(=O)(=O)N(C)C3CCS(=O)(=O)C3)cc2o1. The molecule has 1 unspecified atom stereocenters. The summed E-state index contributed by atoms with van der Waals surface area (Å²) in [5.74, 6) is 0.351. The Balaban J connectivity index is 1.96. The molecular formula is C13H16N2O5S2. The van der Waals surface area contributed by atoms with Gasteiger partial charge in [-0.2, -0.15) is 4.31 Å². The Labute approximate surface area is 128 Å². The average molecular weight is 344 g/mol. The molecule has 1 saturated heterocycles. The fourth-order valence-electron chi connectivity index (χ4n) is 2.61. The smallest absolute Gasteiger partial charge is 0.243 e. The number of aromatic nitrogens is 1. The second-order valence-corrected chi connectivity index (χ2v) is 9.67. The number of sulfonamides is 1. The number of hydrogen-bond donors (Lipinski definition) is 0. The van der Waals surface area contributed by atoms with E-state index in [1.807, 2.05) is 0 Å². The molecule has 7 nitrogen and oxygen atoms in total. The maximum absolute atomic E-state index is 12.6. The molecule has 0 aliphatic carbocycles. The van der Waals surface area contributed by atoms with Gasteiger partial charge < -0.3 is 4.42 Å². The van der Waals surface area contributed by atoms with Gasteiger partial charge in [0.15, 0.2) is 21.3 Å². The molecule has 1 aromatic heterocycles. The lowest BCUT2D eigenvalue weighted by Gasteiger charge is -2.22. The molecule has 2 aromatic rings. The van der Waals surface area contributed by atoms with Crippen LogP contribution < -0.4 is 0 Å². The molecule has 9 heteroatoms. The molecule has 0 amide bonds. The quantitative estimate of drug-likeness (QED) is 0.822. The first-order valence-electron chi connectivity index (χ1n) is 6.75. The van der Waals surface area contributed by atoms with E-state index in [2.05, 4.69) is 4.98 Å². The minimum atomic E-state index is -3.77. The lowest BCUT2D eigenvalue weighted by molar-refractivity contribution is 0.394. The van der Waals surface area contributed by atoms with E-state index in [1.54, 1.807) is 13.0 Å². The van der Waals surface area contributed by atoms with Crippen molar-refractivity contribution in [3.8, 4) is 0 Å². The van der Waals surface area contributed by atoms with Crippen molar-refractivity contribution in [3.05, 3.63) is 24.1 Å². The summed E-state index contributed by atoms with van der Waals surface area (Å²) in [6, 6.07) is 3.93. The number of rotatable bonds is 3. The number of fused-ring (bicyclic) bond motifs is 1. The third kappa shape index (κ3) is 2.64. The molecule has 1 aromatic carbocycles. The molecule has 1 aliphatic rings. The van der Waals surface area contributed by atoms with Crippen molar-refractivity contribution >= 4 is 31.0 Å². The van der Waals surface area contributed by atoms with Crippen LogP contribution in [0.4, 0.5) is 0 Å². The van der Waals surface area contributed by atoms with Crippen LogP contribution in [0.3, 0.4) is 0 Å². The van der Waals surface area contributed by atoms with E-state index in [0.29, 0.717) is 23.4 Å². The molecular weight excluding hydrogens is 328 g/mol. The lowest BCUT2D eigenvalue weighted by atomic mass is 10.3. The zero-order valence-electron chi connectivity index (χ0n) is 12.2. The molecule has 3 rings (SSSR count). The molecule has 1 atom stereocenters. The zero-order chi connectivity index (χ0) is 16.1. The van der Waals surface area contributed by atoms with Crippen molar-refractivity contribution in [2.75, 3.05) is 18.6 Å². The van der Waals surface area contributed by atoms with Gasteiger partial charge in [0.05, 0.1) is 16.4 Å². The highest BCUT2D eigenvalue weighted by atomic mass is 32.2. The van der Waals surface area contributed by atoms with E-state index in [-0.39, 0.29) is 16.4 Å². The summed E-state index contributed by atoms with van der Waals surface area (Å²) >= 11 is 0. The van der Waals surface area contributed by atoms with Crippen molar-refractivity contribution in [1.29, 1.82) is 0 Å². The number of aryl methyl sites for hydroxylation is 1. The second-order valence-electron chi connectivity index (χ2n) is 5.44. The van der Waals surface area contributed by atoms with E-state index < -0.39 is 25.9 Å². The van der Waals surface area contributed by atoms with Crippen molar-refractivity contribution in [2.45, 2.75) is 24.3 Å².